The average Bonchev–Trinajstić information content (AvgIpc) is 2.65. The fourth-order valence-corrected chi connectivity index (χ4v) is 1.38. The summed E-state index contributed by atoms with van der Waals surface area (Å²) >= 11 is 0. The van der Waals surface area contributed by atoms with Crippen LogP contribution in [0.2, 0.25) is 0 Å². The van der Waals surface area contributed by atoms with Gasteiger partial charge >= 0.3 is 6.55 Å². The molecule has 0 spiro atoms. The fraction of sp³-hybridized carbons (Fsp3) is 0.700. The van der Waals surface area contributed by atoms with Gasteiger partial charge in [0.15, 0.2) is 0 Å². The maximum Gasteiger partial charge on any atom is 0.319 e. The lowest BCUT2D eigenvalue weighted by Crippen LogP contribution is -2.19. The maximum absolute atomic E-state index is 12.4. The minimum absolute atomic E-state index is 0.315. The van der Waals surface area contributed by atoms with Crippen LogP contribution in [0.3, 0.4) is 0 Å². The van der Waals surface area contributed by atoms with Gasteiger partial charge in [0.2, 0.25) is 0 Å². The highest BCUT2D eigenvalue weighted by Gasteiger charge is 2.10. The molecule has 0 saturated carbocycles. The molecule has 0 amide bonds. The van der Waals surface area contributed by atoms with Crippen molar-refractivity contribution in [2.45, 2.75) is 39.0 Å². The summed E-state index contributed by atoms with van der Waals surface area (Å²) in [6, 6.07) is 0. The van der Waals surface area contributed by atoms with Gasteiger partial charge in [-0.25, -0.2) is 4.98 Å². The Morgan fingerprint density at radius 1 is 1.56 bits per heavy atom. The third-order valence-electron chi connectivity index (χ3n) is 2.22. The van der Waals surface area contributed by atoms with E-state index in [2.05, 4.69) is 10.3 Å². The van der Waals surface area contributed by atoms with Gasteiger partial charge < -0.3 is 10.4 Å². The van der Waals surface area contributed by atoms with Crippen molar-refractivity contribution in [2.75, 3.05) is 6.54 Å². The Morgan fingerprint density at radius 3 is 2.94 bits per heavy atom. The topological polar surface area (TPSA) is 50.1 Å². The van der Waals surface area contributed by atoms with Crippen molar-refractivity contribution < 1.29 is 13.9 Å². The predicted molar refractivity (Wildman–Crippen MR) is 56.1 cm³/mol. The van der Waals surface area contributed by atoms with Crippen molar-refractivity contribution >= 4 is 0 Å². The van der Waals surface area contributed by atoms with Crippen LogP contribution in [0.4, 0.5) is 8.78 Å². The van der Waals surface area contributed by atoms with Crippen LogP contribution < -0.4 is 5.32 Å². The first-order chi connectivity index (χ1) is 7.61. The quantitative estimate of drug-likeness (QED) is 0.702. The normalized spacial score (nSPS) is 13.3. The Hall–Kier alpha value is -1.01. The number of hydrogen-bond acceptors (Lipinski definition) is 3. The van der Waals surface area contributed by atoms with Crippen molar-refractivity contribution in [2.24, 2.45) is 0 Å². The number of hydrogen-bond donors (Lipinski definition) is 2. The van der Waals surface area contributed by atoms with E-state index >= 15 is 0 Å². The summed E-state index contributed by atoms with van der Waals surface area (Å²) in [5.74, 6) is 0.326. The van der Waals surface area contributed by atoms with E-state index in [0.717, 1.165) is 11.0 Å². The van der Waals surface area contributed by atoms with E-state index in [0.29, 0.717) is 25.3 Å². The summed E-state index contributed by atoms with van der Waals surface area (Å²) in [7, 11) is 0. The lowest BCUT2D eigenvalue weighted by molar-refractivity contribution is 0.0666. The van der Waals surface area contributed by atoms with Crippen molar-refractivity contribution in [3.63, 3.8) is 0 Å². The summed E-state index contributed by atoms with van der Waals surface area (Å²) < 4.78 is 25.6. The monoisotopic (exact) mass is 233 g/mol. The highest BCUT2D eigenvalue weighted by molar-refractivity contribution is 4.92. The van der Waals surface area contributed by atoms with E-state index in [1.54, 1.807) is 6.92 Å². The lowest BCUT2D eigenvalue weighted by atomic mass is 10.2. The molecule has 0 radical (unpaired) electrons. The molecule has 16 heavy (non-hydrogen) atoms. The number of imidazole rings is 1. The Morgan fingerprint density at radius 2 is 2.31 bits per heavy atom. The minimum atomic E-state index is -2.54. The zero-order chi connectivity index (χ0) is 12.0. The summed E-state index contributed by atoms with van der Waals surface area (Å²) in [6.45, 7) is 0.179. The molecular formula is C10H17F2N3O. The molecule has 92 valence electrons. The van der Waals surface area contributed by atoms with E-state index in [-0.39, 0.29) is 6.10 Å². The molecule has 1 unspecified atom stereocenters. The zero-order valence-electron chi connectivity index (χ0n) is 9.24. The van der Waals surface area contributed by atoms with Gasteiger partial charge in [-0.2, -0.15) is 8.78 Å². The van der Waals surface area contributed by atoms with Crippen LogP contribution in [-0.2, 0) is 6.54 Å². The molecule has 4 nitrogen and oxygen atoms in total. The second kappa shape index (κ2) is 6.55. The molecule has 0 bridgehead atoms. The smallest absolute Gasteiger partial charge is 0.319 e. The number of aromatic nitrogens is 2. The van der Waals surface area contributed by atoms with Gasteiger partial charge in [0, 0.05) is 12.4 Å². The maximum atomic E-state index is 12.4. The molecule has 1 rings (SSSR count). The van der Waals surface area contributed by atoms with Crippen LogP contribution in [0.5, 0.6) is 0 Å². The van der Waals surface area contributed by atoms with E-state index in [4.69, 9.17) is 5.11 Å². The zero-order valence-corrected chi connectivity index (χ0v) is 9.24. The number of nitrogens with one attached hydrogen (secondary N) is 1. The second-order valence-electron chi connectivity index (χ2n) is 3.70. The molecule has 1 aromatic heterocycles. The molecule has 2 N–H and O–H groups in total. The Labute approximate surface area is 93.3 Å². The van der Waals surface area contributed by atoms with Crippen LogP contribution in [0.25, 0.3) is 0 Å². The molecule has 0 aliphatic rings. The largest absolute Gasteiger partial charge is 0.393 e. The van der Waals surface area contributed by atoms with Crippen LogP contribution >= 0.6 is 0 Å². The van der Waals surface area contributed by atoms with Crippen molar-refractivity contribution in [1.29, 1.82) is 0 Å². The van der Waals surface area contributed by atoms with E-state index < -0.39 is 6.55 Å². The van der Waals surface area contributed by atoms with Crippen molar-refractivity contribution in [3.05, 3.63) is 18.2 Å². The third-order valence-corrected chi connectivity index (χ3v) is 2.22. The third kappa shape index (κ3) is 4.24. The van der Waals surface area contributed by atoms with Gasteiger partial charge in [-0.3, -0.25) is 4.57 Å². The fourth-order valence-electron chi connectivity index (χ4n) is 1.38. The molecule has 1 atom stereocenters. The van der Waals surface area contributed by atoms with Gasteiger partial charge in [0.05, 0.1) is 12.6 Å². The molecule has 6 heteroatoms. The predicted octanol–water partition coefficient (Wildman–Crippen LogP) is 1.53. The van der Waals surface area contributed by atoms with Gasteiger partial charge in [0.25, 0.3) is 0 Å². The summed E-state index contributed by atoms with van der Waals surface area (Å²) in [5, 5.41) is 12.0. The molecule has 1 heterocycles. The van der Waals surface area contributed by atoms with Crippen molar-refractivity contribution in [3.8, 4) is 0 Å². The number of halogens is 2. The van der Waals surface area contributed by atoms with Gasteiger partial charge in [-0.1, -0.05) is 0 Å². The van der Waals surface area contributed by atoms with Crippen LogP contribution in [-0.4, -0.2) is 27.3 Å². The molecule has 0 aliphatic carbocycles. The molecule has 0 fully saturated rings. The average molecular weight is 233 g/mol. The Bertz CT molecular complexity index is 302. The van der Waals surface area contributed by atoms with Gasteiger partial charge in [-0.05, 0) is 26.3 Å². The Balaban J connectivity index is 2.24. The van der Waals surface area contributed by atoms with Gasteiger partial charge in [0.1, 0.15) is 5.82 Å². The summed E-state index contributed by atoms with van der Waals surface area (Å²) in [5.41, 5.74) is 0. The van der Waals surface area contributed by atoms with Crippen LogP contribution in [0.15, 0.2) is 12.4 Å². The lowest BCUT2D eigenvalue weighted by Gasteiger charge is -2.08. The van der Waals surface area contributed by atoms with E-state index in [1.165, 1.54) is 12.4 Å². The number of rotatable bonds is 7. The molecule has 0 aliphatic heterocycles. The summed E-state index contributed by atoms with van der Waals surface area (Å²) in [4.78, 5) is 3.84. The van der Waals surface area contributed by atoms with Crippen LogP contribution in [0.1, 0.15) is 32.1 Å². The van der Waals surface area contributed by atoms with Crippen LogP contribution in [0, 0.1) is 0 Å². The number of aliphatic hydroxyl groups is 1. The standard InChI is InChI=1S/C10H17F2N3O/c1-8(16)3-2-4-13-7-9-14-5-6-15(9)10(11)12/h5-6,8,10,13,16H,2-4,7H2,1H3. The first-order valence-corrected chi connectivity index (χ1v) is 5.30. The molecule has 0 aromatic carbocycles. The number of alkyl halides is 2. The summed E-state index contributed by atoms with van der Waals surface area (Å²) in [6.07, 6.45) is 3.82. The molecular weight excluding hydrogens is 216 g/mol. The first kappa shape index (κ1) is 13.1. The van der Waals surface area contributed by atoms with E-state index in [1.807, 2.05) is 0 Å². The Kier molecular flexibility index (Phi) is 5.34. The molecule has 1 aromatic rings. The number of aliphatic hydroxyl groups excluding tert-OH is 1. The highest BCUT2D eigenvalue weighted by atomic mass is 19.3. The number of nitrogens with zero attached hydrogens (tertiary/aromatic N) is 2. The highest BCUT2D eigenvalue weighted by Crippen LogP contribution is 2.11. The second-order valence-corrected chi connectivity index (χ2v) is 3.70. The minimum Gasteiger partial charge on any atom is -0.393 e. The SMILES string of the molecule is CC(O)CCCNCc1nccn1C(F)F. The first-order valence-electron chi connectivity index (χ1n) is 5.30. The molecule has 0 saturated heterocycles. The van der Waals surface area contributed by atoms with Gasteiger partial charge in [-0.15, -0.1) is 0 Å². The van der Waals surface area contributed by atoms with Crippen molar-refractivity contribution in [1.82, 2.24) is 14.9 Å². The van der Waals surface area contributed by atoms with E-state index in [9.17, 15) is 8.78 Å².